The molecule has 2 rings (SSSR count). The number of carbonyl (C=O) groups excluding carboxylic acids is 2. The minimum atomic E-state index is -1.77. The van der Waals surface area contributed by atoms with E-state index < -0.39 is 99.3 Å². The van der Waals surface area contributed by atoms with Gasteiger partial charge < -0.3 is 64.2 Å². The average molecular weight is 1060 g/mol. The first-order valence-electron chi connectivity index (χ1n) is 29.6. The zero-order valence-corrected chi connectivity index (χ0v) is 46.1. The van der Waals surface area contributed by atoms with Crippen LogP contribution < -0.4 is 0 Å². The Kier molecular flexibility index (Phi) is 41.9. The highest BCUT2D eigenvalue weighted by molar-refractivity contribution is 5.70. The molecule has 2 aliphatic heterocycles. The number of ether oxygens (including phenoxy) is 6. The Morgan fingerprint density at radius 1 is 0.419 bits per heavy atom. The summed E-state index contributed by atoms with van der Waals surface area (Å²) in [6.07, 6.45) is 34.7. The third-order valence-corrected chi connectivity index (χ3v) is 14.1. The van der Waals surface area contributed by atoms with Crippen molar-refractivity contribution in [1.82, 2.24) is 0 Å². The molecular weight excluding hydrogens is 949 g/mol. The molecule has 0 aromatic heterocycles. The molecule has 0 bridgehead atoms. The van der Waals surface area contributed by atoms with Gasteiger partial charge in [-0.3, -0.25) is 9.59 Å². The van der Waals surface area contributed by atoms with Crippen molar-refractivity contribution in [2.45, 2.75) is 300 Å². The van der Waals surface area contributed by atoms with Crippen molar-refractivity contribution in [1.29, 1.82) is 0 Å². The second-order valence-corrected chi connectivity index (χ2v) is 20.8. The summed E-state index contributed by atoms with van der Waals surface area (Å²) in [6, 6.07) is 0. The van der Waals surface area contributed by atoms with Crippen molar-refractivity contribution in [2.75, 3.05) is 26.4 Å². The molecule has 2 aliphatic rings. The molecule has 4 unspecified atom stereocenters. The maximum atomic E-state index is 13.0. The van der Waals surface area contributed by atoms with E-state index in [-0.39, 0.29) is 19.4 Å². The van der Waals surface area contributed by atoms with E-state index in [9.17, 15) is 45.3 Å². The Morgan fingerprint density at radius 3 is 1.27 bits per heavy atom. The molecule has 0 aromatic carbocycles. The fraction of sp³-hybridized carbons (Fsp3) is 0.864. The summed E-state index contributed by atoms with van der Waals surface area (Å²) in [7, 11) is 0. The van der Waals surface area contributed by atoms with Gasteiger partial charge in [0.05, 0.1) is 19.8 Å². The maximum Gasteiger partial charge on any atom is 0.306 e. The van der Waals surface area contributed by atoms with Crippen LogP contribution in [0.25, 0.3) is 0 Å². The molecule has 0 aliphatic carbocycles. The number of rotatable bonds is 47. The Morgan fingerprint density at radius 2 is 0.797 bits per heavy atom. The molecule has 432 valence electrons. The van der Waals surface area contributed by atoms with E-state index in [0.717, 1.165) is 44.9 Å². The van der Waals surface area contributed by atoms with Gasteiger partial charge in [0.2, 0.25) is 0 Å². The topological polar surface area (TPSA) is 231 Å². The van der Waals surface area contributed by atoms with Crippen molar-refractivity contribution < 1.29 is 73.8 Å². The lowest BCUT2D eigenvalue weighted by molar-refractivity contribution is -0.332. The minimum Gasteiger partial charge on any atom is -0.462 e. The second kappa shape index (κ2) is 45.7. The summed E-state index contributed by atoms with van der Waals surface area (Å²) in [5.41, 5.74) is 0. The van der Waals surface area contributed by atoms with E-state index in [1.807, 2.05) is 0 Å². The third-order valence-electron chi connectivity index (χ3n) is 14.1. The van der Waals surface area contributed by atoms with E-state index in [4.69, 9.17) is 28.4 Å². The lowest BCUT2D eigenvalue weighted by Gasteiger charge is -2.42. The van der Waals surface area contributed by atoms with E-state index in [1.54, 1.807) is 0 Å². The van der Waals surface area contributed by atoms with Gasteiger partial charge >= 0.3 is 11.9 Å². The highest BCUT2D eigenvalue weighted by Gasteiger charge is 2.47. The molecule has 0 saturated carbocycles. The Labute approximate surface area is 446 Å². The van der Waals surface area contributed by atoms with Crippen LogP contribution in [-0.2, 0) is 38.0 Å². The summed E-state index contributed by atoms with van der Waals surface area (Å²) in [4.78, 5) is 25.8. The third kappa shape index (κ3) is 32.5. The Bertz CT molecular complexity index is 1430. The van der Waals surface area contributed by atoms with Gasteiger partial charge in [0.25, 0.3) is 0 Å². The standard InChI is InChI=1S/C59H106O15/c1-3-5-7-9-11-13-15-17-19-20-21-22-23-24-25-26-28-30-32-34-36-38-40-42-51(62)72-47(44-69-50(61)41-39-37-35-33-31-29-27-18-16-14-12-10-8-6-4-2)45-70-58-57(68)55(66)53(64)49(74-58)46-71-59-56(67)54(65)52(63)48(43-60)73-59/h26,28-29,31,34,36,47-49,52-60,63-68H,3-25,27,30,32-33,35,37-46H2,1-2H3/b28-26+,31-29+,36-34+/t47-,48+,49+,52-,53-,54?,55?,56?,57?,58+,59+/m1/s1. The van der Waals surface area contributed by atoms with E-state index >= 15 is 0 Å². The van der Waals surface area contributed by atoms with Crippen molar-refractivity contribution in [2.24, 2.45) is 0 Å². The minimum absolute atomic E-state index is 0.103. The molecule has 7 N–H and O–H groups in total. The highest BCUT2D eigenvalue weighted by atomic mass is 16.7. The number of carbonyl (C=O) groups is 2. The van der Waals surface area contributed by atoms with Gasteiger partial charge in [-0.05, 0) is 70.6 Å². The van der Waals surface area contributed by atoms with Crippen molar-refractivity contribution >= 4 is 11.9 Å². The monoisotopic (exact) mass is 1050 g/mol. The van der Waals surface area contributed by atoms with Crippen LogP contribution in [0.4, 0.5) is 0 Å². The maximum absolute atomic E-state index is 13.0. The number of unbranched alkanes of at least 4 members (excludes halogenated alkanes) is 27. The summed E-state index contributed by atoms with van der Waals surface area (Å²) in [6.45, 7) is 2.57. The fourth-order valence-electron chi connectivity index (χ4n) is 9.23. The zero-order valence-electron chi connectivity index (χ0n) is 46.1. The number of hydrogen-bond donors (Lipinski definition) is 7. The summed E-state index contributed by atoms with van der Waals surface area (Å²) in [5.74, 6) is -0.986. The summed E-state index contributed by atoms with van der Waals surface area (Å²) in [5, 5.41) is 72.3. The van der Waals surface area contributed by atoms with Gasteiger partial charge in [-0.1, -0.05) is 185 Å². The van der Waals surface area contributed by atoms with E-state index in [1.165, 1.54) is 141 Å². The molecular formula is C59H106O15. The zero-order chi connectivity index (χ0) is 53.9. The number of esters is 2. The number of hydrogen-bond acceptors (Lipinski definition) is 15. The molecule has 0 spiro atoms. The molecule has 2 heterocycles. The van der Waals surface area contributed by atoms with E-state index in [0.29, 0.717) is 19.3 Å². The fourth-order valence-corrected chi connectivity index (χ4v) is 9.23. The van der Waals surface area contributed by atoms with Crippen LogP contribution in [0.1, 0.15) is 232 Å². The van der Waals surface area contributed by atoms with Crippen LogP contribution in [-0.4, -0.2) is 142 Å². The van der Waals surface area contributed by atoms with Gasteiger partial charge in [-0.15, -0.1) is 0 Å². The van der Waals surface area contributed by atoms with Crippen molar-refractivity contribution in [3.05, 3.63) is 36.5 Å². The molecule has 0 aromatic rings. The van der Waals surface area contributed by atoms with E-state index in [2.05, 4.69) is 50.3 Å². The molecule has 0 amide bonds. The van der Waals surface area contributed by atoms with Gasteiger partial charge in [0.1, 0.15) is 55.4 Å². The van der Waals surface area contributed by atoms with Crippen LogP contribution >= 0.6 is 0 Å². The normalized spacial score (nSPS) is 24.9. The Balaban J connectivity index is 1.76. The molecule has 74 heavy (non-hydrogen) atoms. The number of aliphatic hydroxyl groups is 7. The predicted octanol–water partition coefficient (Wildman–Crippen LogP) is 10.1. The first kappa shape index (κ1) is 67.8. The SMILES string of the molecule is CCCCCCCCCC/C=C/CCCCCC(=O)OC[C@H](CO[C@H]1O[C@@H](CO[C@H]2O[C@@H](CO)[C@@H](O)C(O)C2O)[C@@H](O)C(O)C1O)OC(=O)CCC/C=C/CC/C=C/CCCCCCCCCCCCCCCC. The van der Waals surface area contributed by atoms with Gasteiger partial charge in [-0.25, -0.2) is 0 Å². The lowest BCUT2D eigenvalue weighted by atomic mass is 9.98. The summed E-state index contributed by atoms with van der Waals surface area (Å²) < 4.78 is 33.6. The molecule has 0 radical (unpaired) electrons. The van der Waals surface area contributed by atoms with Gasteiger partial charge in [0, 0.05) is 12.8 Å². The molecule has 2 saturated heterocycles. The largest absolute Gasteiger partial charge is 0.462 e. The number of aliphatic hydroxyl groups excluding tert-OH is 7. The van der Waals surface area contributed by atoms with Crippen LogP contribution in [0.2, 0.25) is 0 Å². The first-order chi connectivity index (χ1) is 36.0. The number of allylic oxidation sites excluding steroid dienone is 6. The smallest absolute Gasteiger partial charge is 0.306 e. The predicted molar refractivity (Wildman–Crippen MR) is 289 cm³/mol. The van der Waals surface area contributed by atoms with Gasteiger partial charge in [0.15, 0.2) is 18.7 Å². The molecule has 11 atom stereocenters. The van der Waals surface area contributed by atoms with Gasteiger partial charge in [-0.2, -0.15) is 0 Å². The van der Waals surface area contributed by atoms with Crippen LogP contribution in [0, 0.1) is 0 Å². The molecule has 2 fully saturated rings. The quantitative estimate of drug-likeness (QED) is 0.0171. The Hall–Kier alpha value is -2.28. The average Bonchev–Trinajstić information content (AvgIpc) is 3.39. The lowest BCUT2D eigenvalue weighted by Crippen LogP contribution is -2.61. The van der Waals surface area contributed by atoms with Crippen LogP contribution in [0.3, 0.4) is 0 Å². The van der Waals surface area contributed by atoms with Crippen molar-refractivity contribution in [3.63, 3.8) is 0 Å². The van der Waals surface area contributed by atoms with Crippen LogP contribution in [0.5, 0.6) is 0 Å². The molecule has 15 nitrogen and oxygen atoms in total. The highest BCUT2D eigenvalue weighted by Crippen LogP contribution is 2.27. The van der Waals surface area contributed by atoms with Crippen LogP contribution in [0.15, 0.2) is 36.5 Å². The summed E-state index contributed by atoms with van der Waals surface area (Å²) >= 11 is 0. The first-order valence-corrected chi connectivity index (χ1v) is 29.6. The van der Waals surface area contributed by atoms with Crippen molar-refractivity contribution in [3.8, 4) is 0 Å². The molecule has 15 heteroatoms. The second-order valence-electron chi connectivity index (χ2n) is 20.8.